The van der Waals surface area contributed by atoms with Crippen LogP contribution in [-0.4, -0.2) is 24.8 Å². The van der Waals surface area contributed by atoms with Crippen LogP contribution in [0.25, 0.3) is 0 Å². The lowest BCUT2D eigenvalue weighted by Gasteiger charge is -2.10. The number of benzene rings is 3. The molecule has 1 N–H and O–H groups in total. The second-order valence-corrected chi connectivity index (χ2v) is 7.38. The van der Waals surface area contributed by atoms with Gasteiger partial charge in [0.2, 0.25) is 0 Å². The molecule has 32 heavy (non-hydrogen) atoms. The van der Waals surface area contributed by atoms with E-state index < -0.39 is 0 Å². The lowest BCUT2D eigenvalue weighted by Crippen LogP contribution is -2.09. The zero-order valence-corrected chi connectivity index (χ0v) is 17.4. The number of aromatic hydroxyl groups is 1. The van der Waals surface area contributed by atoms with Crippen molar-refractivity contribution in [1.29, 1.82) is 0 Å². The van der Waals surface area contributed by atoms with Crippen LogP contribution in [-0.2, 0) is 16.1 Å². The summed E-state index contributed by atoms with van der Waals surface area (Å²) in [5, 5.41) is 9.53. The van der Waals surface area contributed by atoms with E-state index in [1.165, 1.54) is 13.2 Å². The molecule has 0 saturated carbocycles. The number of carbonyl (C=O) groups excluding carboxylic acids is 1. The predicted molar refractivity (Wildman–Crippen MR) is 116 cm³/mol. The van der Waals surface area contributed by atoms with Crippen LogP contribution in [0.2, 0.25) is 0 Å². The molecule has 0 amide bonds. The Bertz CT molecular complexity index is 1210. The van der Waals surface area contributed by atoms with Gasteiger partial charge in [0.15, 0.2) is 0 Å². The zero-order chi connectivity index (χ0) is 22.5. The van der Waals surface area contributed by atoms with Gasteiger partial charge in [0, 0.05) is 34.2 Å². The number of rotatable bonds is 5. The van der Waals surface area contributed by atoms with Crippen molar-refractivity contribution in [1.82, 2.24) is 0 Å². The second kappa shape index (κ2) is 9.44. The summed E-state index contributed by atoms with van der Waals surface area (Å²) in [5.41, 5.74) is 2.60. The zero-order valence-electron chi connectivity index (χ0n) is 17.4. The molecule has 1 aliphatic heterocycles. The fourth-order valence-electron chi connectivity index (χ4n) is 3.45. The van der Waals surface area contributed by atoms with Crippen LogP contribution in [0.3, 0.4) is 0 Å². The monoisotopic (exact) mass is 432 g/mol. The lowest BCUT2D eigenvalue weighted by molar-refractivity contribution is -0.141. The molecular formula is C26H21FO5. The molecule has 3 aromatic rings. The molecule has 1 unspecified atom stereocenters. The van der Waals surface area contributed by atoms with E-state index in [9.17, 15) is 14.3 Å². The Morgan fingerprint density at radius 3 is 2.72 bits per heavy atom. The molecule has 0 fully saturated rings. The number of ether oxygens (including phenoxy) is 3. The molecular weight excluding hydrogens is 411 g/mol. The summed E-state index contributed by atoms with van der Waals surface area (Å²) in [4.78, 5) is 11.5. The molecule has 0 aliphatic carbocycles. The van der Waals surface area contributed by atoms with Gasteiger partial charge >= 0.3 is 5.97 Å². The highest BCUT2D eigenvalue weighted by molar-refractivity contribution is 5.71. The van der Waals surface area contributed by atoms with Gasteiger partial charge in [0.05, 0.1) is 20.1 Å². The summed E-state index contributed by atoms with van der Waals surface area (Å²) >= 11 is 0. The number of phenolic OH excluding ortho intramolecular Hbond substituents is 1. The van der Waals surface area contributed by atoms with Crippen LogP contribution in [0.4, 0.5) is 4.39 Å². The predicted octanol–water partition coefficient (Wildman–Crippen LogP) is 4.55. The van der Waals surface area contributed by atoms with Gasteiger partial charge in [-0.25, -0.2) is 4.39 Å². The van der Waals surface area contributed by atoms with Gasteiger partial charge in [0.25, 0.3) is 0 Å². The summed E-state index contributed by atoms with van der Waals surface area (Å²) in [5.74, 6) is 6.54. The molecule has 0 bridgehead atoms. The third-order valence-corrected chi connectivity index (χ3v) is 5.14. The van der Waals surface area contributed by atoms with Crippen LogP contribution < -0.4 is 9.47 Å². The SMILES string of the molecule is COC(=O)CC1COc2cc(OCc3cc(C#Cc4cccc(O)c4)ccc3F)ccc21. The average molecular weight is 432 g/mol. The van der Waals surface area contributed by atoms with E-state index >= 15 is 0 Å². The summed E-state index contributed by atoms with van der Waals surface area (Å²) < 4.78 is 30.5. The third-order valence-electron chi connectivity index (χ3n) is 5.14. The topological polar surface area (TPSA) is 65.0 Å². The van der Waals surface area contributed by atoms with E-state index in [0.29, 0.717) is 34.8 Å². The first-order valence-electron chi connectivity index (χ1n) is 10.1. The van der Waals surface area contributed by atoms with Gasteiger partial charge < -0.3 is 19.3 Å². The Hall–Kier alpha value is -3.98. The number of esters is 1. The highest BCUT2D eigenvalue weighted by atomic mass is 19.1. The molecule has 0 spiro atoms. The number of phenols is 1. The van der Waals surface area contributed by atoms with Crippen LogP contribution in [0.15, 0.2) is 60.7 Å². The number of fused-ring (bicyclic) bond motifs is 1. The number of carbonyl (C=O) groups is 1. The first-order chi connectivity index (χ1) is 15.5. The Morgan fingerprint density at radius 1 is 1.12 bits per heavy atom. The Labute approximate surface area is 185 Å². The molecule has 4 rings (SSSR count). The first kappa shape index (κ1) is 21.3. The van der Waals surface area contributed by atoms with E-state index in [4.69, 9.17) is 14.2 Å². The molecule has 3 aromatic carbocycles. The Kier molecular flexibility index (Phi) is 6.27. The molecule has 162 valence electrons. The van der Waals surface area contributed by atoms with Gasteiger partial charge in [-0.05, 0) is 42.5 Å². The largest absolute Gasteiger partial charge is 0.508 e. The summed E-state index contributed by atoms with van der Waals surface area (Å²) in [6.45, 7) is 0.431. The highest BCUT2D eigenvalue weighted by Crippen LogP contribution is 2.38. The number of methoxy groups -OCH3 is 1. The first-order valence-corrected chi connectivity index (χ1v) is 10.1. The van der Waals surface area contributed by atoms with Gasteiger partial charge in [-0.1, -0.05) is 24.0 Å². The maximum Gasteiger partial charge on any atom is 0.306 e. The van der Waals surface area contributed by atoms with E-state index in [0.717, 1.165) is 5.56 Å². The highest BCUT2D eigenvalue weighted by Gasteiger charge is 2.27. The third kappa shape index (κ3) is 5.01. The van der Waals surface area contributed by atoms with Crippen molar-refractivity contribution in [3.63, 3.8) is 0 Å². The minimum Gasteiger partial charge on any atom is -0.508 e. The molecule has 1 aliphatic rings. The molecule has 1 atom stereocenters. The number of hydrogen-bond donors (Lipinski definition) is 1. The average Bonchev–Trinajstić information content (AvgIpc) is 3.19. The fraction of sp³-hybridized carbons (Fsp3) is 0.192. The molecule has 0 radical (unpaired) electrons. The van der Waals surface area contributed by atoms with Crippen LogP contribution in [0.1, 0.15) is 34.6 Å². The molecule has 1 heterocycles. The maximum absolute atomic E-state index is 14.3. The Balaban J connectivity index is 1.44. The molecule has 6 heteroatoms. The Morgan fingerprint density at radius 2 is 1.94 bits per heavy atom. The lowest BCUT2D eigenvalue weighted by atomic mass is 9.98. The minimum atomic E-state index is -0.386. The van der Waals surface area contributed by atoms with Crippen LogP contribution in [0, 0.1) is 17.7 Å². The van der Waals surface area contributed by atoms with Crippen molar-refractivity contribution in [2.24, 2.45) is 0 Å². The summed E-state index contributed by atoms with van der Waals surface area (Å²) in [6.07, 6.45) is 0.255. The second-order valence-electron chi connectivity index (χ2n) is 7.38. The van der Waals surface area contributed by atoms with Gasteiger partial charge in [-0.3, -0.25) is 4.79 Å². The summed E-state index contributed by atoms with van der Waals surface area (Å²) in [7, 11) is 1.36. The van der Waals surface area contributed by atoms with Crippen molar-refractivity contribution in [3.05, 3.63) is 88.7 Å². The van der Waals surface area contributed by atoms with Crippen molar-refractivity contribution < 1.29 is 28.5 Å². The number of halogens is 1. The van der Waals surface area contributed by atoms with Crippen molar-refractivity contribution >= 4 is 5.97 Å². The number of hydrogen-bond acceptors (Lipinski definition) is 5. The molecule has 5 nitrogen and oxygen atoms in total. The van der Waals surface area contributed by atoms with E-state index in [1.807, 2.05) is 6.07 Å². The van der Waals surface area contributed by atoms with Gasteiger partial charge in [-0.2, -0.15) is 0 Å². The van der Waals surface area contributed by atoms with Crippen molar-refractivity contribution in [2.45, 2.75) is 18.9 Å². The minimum absolute atomic E-state index is 0.0256. The molecule has 0 saturated heterocycles. The summed E-state index contributed by atoms with van der Waals surface area (Å²) in [6, 6.07) is 16.6. The van der Waals surface area contributed by atoms with Crippen LogP contribution >= 0.6 is 0 Å². The van der Waals surface area contributed by atoms with Crippen molar-refractivity contribution in [3.8, 4) is 29.1 Å². The van der Waals surface area contributed by atoms with Crippen molar-refractivity contribution in [2.75, 3.05) is 13.7 Å². The van der Waals surface area contributed by atoms with Crippen LogP contribution in [0.5, 0.6) is 17.2 Å². The maximum atomic E-state index is 14.3. The van der Waals surface area contributed by atoms with Gasteiger partial charge in [0.1, 0.15) is 29.7 Å². The smallest absolute Gasteiger partial charge is 0.306 e. The van der Waals surface area contributed by atoms with E-state index in [1.54, 1.807) is 48.5 Å². The van der Waals surface area contributed by atoms with E-state index in [-0.39, 0.29) is 36.5 Å². The van der Waals surface area contributed by atoms with Gasteiger partial charge in [-0.15, -0.1) is 0 Å². The normalized spacial score (nSPS) is 14.0. The fourth-order valence-corrected chi connectivity index (χ4v) is 3.45. The quantitative estimate of drug-likeness (QED) is 0.473. The van der Waals surface area contributed by atoms with E-state index in [2.05, 4.69) is 11.8 Å². The molecule has 0 aromatic heterocycles. The standard InChI is InChI=1S/C26H21FO5/c1-30-26(29)13-19-15-32-25-14-22(8-9-23(19)25)31-16-20-11-18(7-10-24(20)27)6-5-17-3-2-4-21(28)12-17/h2-4,7-12,14,19,28H,13,15-16H2,1H3.